The number of carbonyl (C=O) groups is 1. The van der Waals surface area contributed by atoms with Crippen molar-refractivity contribution < 1.29 is 18.0 Å². The van der Waals surface area contributed by atoms with E-state index in [9.17, 15) is 18.0 Å². The Hall–Kier alpha value is -2.25. The molecule has 1 aliphatic rings. The number of aliphatic imine (C=N–C) groups is 1. The van der Waals surface area contributed by atoms with E-state index in [-0.39, 0.29) is 11.3 Å². The lowest BCUT2D eigenvalue weighted by Crippen LogP contribution is -2.42. The number of hydrogen-bond donors (Lipinski definition) is 2. The summed E-state index contributed by atoms with van der Waals surface area (Å²) in [5, 5.41) is 6.25. The number of nitrogens with one attached hydrogen (secondary N) is 2. The molecule has 1 amide bonds. The zero-order valence-electron chi connectivity index (χ0n) is 16.7. The number of amides is 1. The number of alkyl halides is 3. The molecule has 5 nitrogen and oxygen atoms in total. The van der Waals surface area contributed by atoms with E-state index in [1.165, 1.54) is 17.0 Å². The lowest BCUT2D eigenvalue weighted by molar-refractivity contribution is -0.137. The molecule has 0 aromatic heterocycles. The van der Waals surface area contributed by atoms with E-state index in [0.717, 1.165) is 25.3 Å². The van der Waals surface area contributed by atoms with E-state index >= 15 is 0 Å². The van der Waals surface area contributed by atoms with Crippen LogP contribution < -0.4 is 10.6 Å². The maximum Gasteiger partial charge on any atom is 0.416 e. The topological polar surface area (TPSA) is 56.7 Å². The molecule has 0 heterocycles. The SMILES string of the molecule is CCNC(=NCC1(c2cccc(C(F)(F)F)c2)CCC1)NCCC(=O)N(C)C. The second kappa shape index (κ2) is 9.30. The normalized spacial score (nSPS) is 16.3. The molecule has 0 radical (unpaired) electrons. The zero-order valence-corrected chi connectivity index (χ0v) is 16.7. The van der Waals surface area contributed by atoms with Gasteiger partial charge in [-0.3, -0.25) is 9.79 Å². The van der Waals surface area contributed by atoms with Crippen LogP contribution in [0.4, 0.5) is 13.2 Å². The lowest BCUT2D eigenvalue weighted by atomic mass is 9.64. The number of halogens is 3. The van der Waals surface area contributed by atoms with Crippen LogP contribution >= 0.6 is 0 Å². The number of nitrogens with zero attached hydrogens (tertiary/aromatic N) is 2. The average Bonchev–Trinajstić information content (AvgIpc) is 2.60. The van der Waals surface area contributed by atoms with Gasteiger partial charge in [-0.25, -0.2) is 0 Å². The van der Waals surface area contributed by atoms with E-state index in [2.05, 4.69) is 15.6 Å². The van der Waals surface area contributed by atoms with Crippen LogP contribution in [0.1, 0.15) is 43.7 Å². The molecule has 1 aromatic rings. The van der Waals surface area contributed by atoms with E-state index < -0.39 is 11.7 Å². The van der Waals surface area contributed by atoms with E-state index in [1.54, 1.807) is 20.2 Å². The van der Waals surface area contributed by atoms with Gasteiger partial charge in [0.25, 0.3) is 0 Å². The van der Waals surface area contributed by atoms with E-state index in [4.69, 9.17) is 0 Å². The van der Waals surface area contributed by atoms with Crippen molar-refractivity contribution in [3.63, 3.8) is 0 Å². The molecule has 0 aliphatic heterocycles. The minimum Gasteiger partial charge on any atom is -0.357 e. The fourth-order valence-corrected chi connectivity index (χ4v) is 3.25. The maximum absolute atomic E-state index is 13.1. The standard InChI is InChI=1S/C20H29F3N4O/c1-4-24-18(25-12-9-17(28)27(2)3)26-14-19(10-6-11-19)15-7-5-8-16(13-15)20(21,22)23/h5,7-8,13H,4,6,9-12,14H2,1-3H3,(H2,24,25,26). The van der Waals surface area contributed by atoms with Crippen molar-refractivity contribution >= 4 is 11.9 Å². The first-order valence-corrected chi connectivity index (χ1v) is 9.58. The summed E-state index contributed by atoms with van der Waals surface area (Å²) in [7, 11) is 3.41. The predicted octanol–water partition coefficient (Wildman–Crippen LogP) is 3.16. The summed E-state index contributed by atoms with van der Waals surface area (Å²) in [5.41, 5.74) is -0.285. The highest BCUT2D eigenvalue weighted by Gasteiger charge is 2.40. The highest BCUT2D eigenvalue weighted by Crippen LogP contribution is 2.45. The van der Waals surface area contributed by atoms with Crippen molar-refractivity contribution in [2.45, 2.75) is 44.2 Å². The van der Waals surface area contributed by atoms with Crippen LogP contribution in [0.25, 0.3) is 0 Å². The Morgan fingerprint density at radius 2 is 1.96 bits per heavy atom. The Morgan fingerprint density at radius 3 is 2.50 bits per heavy atom. The fraction of sp³-hybridized carbons (Fsp3) is 0.600. The van der Waals surface area contributed by atoms with Gasteiger partial charge in [0.05, 0.1) is 12.1 Å². The third-order valence-electron chi connectivity index (χ3n) is 5.13. The molecule has 0 spiro atoms. The van der Waals surface area contributed by atoms with Gasteiger partial charge in [0.1, 0.15) is 0 Å². The monoisotopic (exact) mass is 398 g/mol. The predicted molar refractivity (Wildman–Crippen MR) is 104 cm³/mol. The van der Waals surface area contributed by atoms with Crippen molar-refractivity contribution in [1.29, 1.82) is 0 Å². The van der Waals surface area contributed by atoms with Crippen molar-refractivity contribution in [3.8, 4) is 0 Å². The van der Waals surface area contributed by atoms with E-state index in [0.29, 0.717) is 37.6 Å². The van der Waals surface area contributed by atoms with Crippen LogP contribution in [0.3, 0.4) is 0 Å². The van der Waals surface area contributed by atoms with Crippen LogP contribution in [-0.2, 0) is 16.4 Å². The van der Waals surface area contributed by atoms with Gasteiger partial charge < -0.3 is 15.5 Å². The van der Waals surface area contributed by atoms with Gasteiger partial charge in [0.2, 0.25) is 5.91 Å². The molecule has 156 valence electrons. The van der Waals surface area contributed by atoms with Gasteiger partial charge in [-0.05, 0) is 31.4 Å². The molecule has 8 heteroatoms. The van der Waals surface area contributed by atoms with Crippen molar-refractivity contribution in [2.24, 2.45) is 4.99 Å². The van der Waals surface area contributed by atoms with Gasteiger partial charge >= 0.3 is 6.18 Å². The Kier molecular flexibility index (Phi) is 7.32. The Bertz CT molecular complexity index is 697. The molecule has 1 aromatic carbocycles. The summed E-state index contributed by atoms with van der Waals surface area (Å²) in [5.74, 6) is 0.593. The number of rotatable bonds is 7. The number of hydrogen-bond acceptors (Lipinski definition) is 2. The minimum absolute atomic E-state index is 0.0165. The van der Waals surface area contributed by atoms with Crippen LogP contribution in [0.2, 0.25) is 0 Å². The fourth-order valence-electron chi connectivity index (χ4n) is 3.25. The lowest BCUT2D eigenvalue weighted by Gasteiger charge is -2.41. The van der Waals surface area contributed by atoms with Crippen molar-refractivity contribution in [3.05, 3.63) is 35.4 Å². The van der Waals surface area contributed by atoms with E-state index in [1.807, 2.05) is 6.92 Å². The quantitative estimate of drug-likeness (QED) is 0.548. The minimum atomic E-state index is -4.35. The first kappa shape index (κ1) is 22.0. The summed E-state index contributed by atoms with van der Waals surface area (Å²) < 4.78 is 39.2. The summed E-state index contributed by atoms with van der Waals surface area (Å²) in [6.45, 7) is 3.45. The van der Waals surface area contributed by atoms with Crippen LogP contribution in [-0.4, -0.2) is 50.5 Å². The second-order valence-electron chi connectivity index (χ2n) is 7.37. The molecule has 0 bridgehead atoms. The smallest absolute Gasteiger partial charge is 0.357 e. The molecule has 0 atom stereocenters. The average molecular weight is 398 g/mol. The molecule has 0 unspecified atom stereocenters. The Balaban J connectivity index is 2.09. The zero-order chi connectivity index (χ0) is 20.8. The van der Waals surface area contributed by atoms with Gasteiger partial charge in [-0.1, -0.05) is 24.6 Å². The molecule has 1 saturated carbocycles. The largest absolute Gasteiger partial charge is 0.416 e. The van der Waals surface area contributed by atoms with Crippen LogP contribution in [0.5, 0.6) is 0 Å². The molecule has 1 fully saturated rings. The molecular weight excluding hydrogens is 369 g/mol. The van der Waals surface area contributed by atoms with Crippen LogP contribution in [0.15, 0.2) is 29.3 Å². The van der Waals surface area contributed by atoms with Crippen LogP contribution in [0, 0.1) is 0 Å². The molecule has 0 saturated heterocycles. The molecular formula is C20H29F3N4O. The first-order chi connectivity index (χ1) is 13.2. The highest BCUT2D eigenvalue weighted by molar-refractivity contribution is 5.81. The van der Waals surface area contributed by atoms with Crippen molar-refractivity contribution in [1.82, 2.24) is 15.5 Å². The molecule has 28 heavy (non-hydrogen) atoms. The number of benzene rings is 1. The molecule has 1 aliphatic carbocycles. The summed E-state index contributed by atoms with van der Waals surface area (Å²) in [6, 6.07) is 5.59. The van der Waals surface area contributed by atoms with Crippen molar-refractivity contribution in [2.75, 3.05) is 33.7 Å². The first-order valence-electron chi connectivity index (χ1n) is 9.58. The van der Waals surface area contributed by atoms with Gasteiger partial charge in [-0.2, -0.15) is 13.2 Å². The summed E-state index contributed by atoms with van der Waals surface area (Å²) >= 11 is 0. The summed E-state index contributed by atoms with van der Waals surface area (Å²) in [4.78, 5) is 17.8. The maximum atomic E-state index is 13.1. The highest BCUT2D eigenvalue weighted by atomic mass is 19.4. The molecule has 2 N–H and O–H groups in total. The third kappa shape index (κ3) is 5.62. The van der Waals surface area contributed by atoms with Gasteiger partial charge in [0, 0.05) is 39.0 Å². The third-order valence-corrected chi connectivity index (χ3v) is 5.13. The van der Waals surface area contributed by atoms with Gasteiger partial charge in [0.15, 0.2) is 5.96 Å². The Morgan fingerprint density at radius 1 is 1.25 bits per heavy atom. The number of carbonyl (C=O) groups excluding carboxylic acids is 1. The molecule has 2 rings (SSSR count). The summed E-state index contributed by atoms with van der Waals surface area (Å²) in [6.07, 6.45) is -1.39. The Labute approximate surface area is 164 Å². The second-order valence-corrected chi connectivity index (χ2v) is 7.37. The number of guanidine groups is 1. The van der Waals surface area contributed by atoms with Gasteiger partial charge in [-0.15, -0.1) is 0 Å².